The van der Waals surface area contributed by atoms with Crippen LogP contribution in [0.25, 0.3) is 0 Å². The lowest BCUT2D eigenvalue weighted by Gasteiger charge is -2.70. The lowest BCUT2D eigenvalue weighted by molar-refractivity contribution is -0.170. The van der Waals surface area contributed by atoms with E-state index in [2.05, 4.69) is 0 Å². The fourth-order valence-corrected chi connectivity index (χ4v) is 6.31. The van der Waals surface area contributed by atoms with Gasteiger partial charge in [-0.25, -0.2) is 0 Å². The van der Waals surface area contributed by atoms with Gasteiger partial charge < -0.3 is 0 Å². The third kappa shape index (κ3) is 2.35. The maximum absolute atomic E-state index is 14.7. The highest BCUT2D eigenvalue weighted by atomic mass is 16.2. The molecule has 3 saturated heterocycles. The average molecular weight is 497 g/mol. The monoisotopic (exact) mass is 496 g/mol. The second-order valence-electron chi connectivity index (χ2n) is 9.20. The molecule has 2 bridgehead atoms. The topological polar surface area (TPSA) is 136 Å². The fraction of sp³-hybridized carbons (Fsp3) is 0.200. The van der Waals surface area contributed by atoms with Gasteiger partial charge in [0.15, 0.2) is 11.1 Å². The zero-order valence-electron chi connectivity index (χ0n) is 20.4. The smallest absolute Gasteiger partial charge is 0.247 e. The van der Waals surface area contributed by atoms with Gasteiger partial charge in [0.2, 0.25) is 22.6 Å². The summed E-state index contributed by atoms with van der Waals surface area (Å²) in [6.07, 6.45) is -0.283. The predicted octanol–water partition coefficient (Wildman–Crippen LogP) is 4.40. The maximum Gasteiger partial charge on any atom is 0.247 e. The molecule has 3 aromatic rings. The largest absolute Gasteiger partial charge is 0.280 e. The zero-order valence-corrected chi connectivity index (χ0v) is 20.4. The lowest BCUT2D eigenvalue weighted by atomic mass is 9.40. The lowest BCUT2D eigenvalue weighted by Crippen LogP contribution is -2.89. The summed E-state index contributed by atoms with van der Waals surface area (Å²) in [5.41, 5.74) is -8.86. The van der Waals surface area contributed by atoms with Gasteiger partial charge in [0.25, 0.3) is 0 Å². The first-order chi connectivity index (χ1) is 18.4. The summed E-state index contributed by atoms with van der Waals surface area (Å²) in [6, 6.07) is 32.9. The zero-order chi connectivity index (χ0) is 27.2. The molecule has 0 spiro atoms. The molecule has 8 heteroatoms. The molecule has 0 radical (unpaired) electrons. The van der Waals surface area contributed by atoms with E-state index in [-0.39, 0.29) is 12.0 Å². The Balaban J connectivity index is 2.13. The molecule has 0 atom stereocenters. The van der Waals surface area contributed by atoms with Gasteiger partial charge in [0.1, 0.15) is 0 Å². The Kier molecular flexibility index (Phi) is 5.31. The summed E-state index contributed by atoms with van der Waals surface area (Å²) < 4.78 is 0. The standard InChI is InChI=1S/C30H20N6O2/c1-2-29-25(37)35(23-14-8-4-9-15-23)30(22-12-6-3-7-13-22,28(20-33,21-34)27(29,18-31)19-32)36(26(29)38)24-16-10-5-11-17-24/h3-17H,2H2,1H3. The Morgan fingerprint density at radius 1 is 0.605 bits per heavy atom. The molecule has 182 valence electrons. The Morgan fingerprint density at radius 3 is 1.32 bits per heavy atom. The number of nitriles is 4. The Bertz CT molecular complexity index is 1520. The van der Waals surface area contributed by atoms with Crippen LogP contribution in [0.1, 0.15) is 18.9 Å². The molecule has 3 aromatic carbocycles. The van der Waals surface area contributed by atoms with Gasteiger partial charge in [-0.1, -0.05) is 73.7 Å². The van der Waals surface area contributed by atoms with Crippen LogP contribution in [0, 0.1) is 61.6 Å². The third-order valence-corrected chi connectivity index (χ3v) is 7.92. The van der Waals surface area contributed by atoms with Crippen LogP contribution in [0.2, 0.25) is 0 Å². The molecular weight excluding hydrogens is 476 g/mol. The number of fused-ring (bicyclic) bond motifs is 3. The average Bonchev–Trinajstić information content (AvgIpc) is 2.98. The van der Waals surface area contributed by atoms with Crippen LogP contribution in [-0.2, 0) is 15.3 Å². The fourth-order valence-electron chi connectivity index (χ4n) is 6.31. The van der Waals surface area contributed by atoms with E-state index in [4.69, 9.17) is 0 Å². The first-order valence-electron chi connectivity index (χ1n) is 11.9. The van der Waals surface area contributed by atoms with E-state index < -0.39 is 33.7 Å². The Hall–Kier alpha value is -5.44. The number of hydrogen-bond donors (Lipinski definition) is 0. The molecule has 38 heavy (non-hydrogen) atoms. The minimum atomic E-state index is -2.63. The number of amides is 2. The minimum Gasteiger partial charge on any atom is -0.280 e. The Labute approximate surface area is 219 Å². The highest BCUT2D eigenvalue weighted by Crippen LogP contribution is 2.72. The molecule has 0 aliphatic carbocycles. The Morgan fingerprint density at radius 2 is 0.974 bits per heavy atom. The van der Waals surface area contributed by atoms with Crippen LogP contribution in [0.4, 0.5) is 11.4 Å². The number of anilines is 2. The van der Waals surface area contributed by atoms with E-state index in [1.807, 2.05) is 24.3 Å². The number of nitrogens with zero attached hydrogens (tertiary/aromatic N) is 6. The van der Waals surface area contributed by atoms with Crippen molar-refractivity contribution in [3.05, 3.63) is 96.6 Å². The van der Waals surface area contributed by atoms with Crippen molar-refractivity contribution in [1.82, 2.24) is 0 Å². The van der Waals surface area contributed by atoms with Crippen molar-refractivity contribution < 1.29 is 9.59 Å². The van der Waals surface area contributed by atoms with E-state index in [1.165, 1.54) is 16.7 Å². The summed E-state index contributed by atoms with van der Waals surface area (Å²) in [4.78, 5) is 32.0. The quantitative estimate of drug-likeness (QED) is 0.491. The van der Waals surface area contributed by atoms with Crippen molar-refractivity contribution in [2.45, 2.75) is 19.0 Å². The van der Waals surface area contributed by atoms with Gasteiger partial charge >= 0.3 is 0 Å². The third-order valence-electron chi connectivity index (χ3n) is 7.92. The summed E-state index contributed by atoms with van der Waals surface area (Å²) >= 11 is 0. The molecule has 2 amide bonds. The highest BCUT2D eigenvalue weighted by molar-refractivity contribution is 6.24. The summed E-state index contributed by atoms with van der Waals surface area (Å²) in [5.74, 6) is -1.62. The van der Waals surface area contributed by atoms with Crippen LogP contribution in [0.3, 0.4) is 0 Å². The summed E-state index contributed by atoms with van der Waals surface area (Å²) in [5, 5.41) is 43.2. The van der Waals surface area contributed by atoms with Crippen molar-refractivity contribution in [3.63, 3.8) is 0 Å². The highest BCUT2D eigenvalue weighted by Gasteiger charge is 2.90. The van der Waals surface area contributed by atoms with Gasteiger partial charge in [-0.15, -0.1) is 0 Å². The molecule has 0 aromatic heterocycles. The molecule has 6 rings (SSSR count). The summed E-state index contributed by atoms with van der Waals surface area (Å²) in [7, 11) is 0. The number of rotatable bonds is 4. The van der Waals surface area contributed by atoms with E-state index in [0.717, 1.165) is 0 Å². The molecule has 0 N–H and O–H groups in total. The SMILES string of the molecule is CCC12C(=O)N(c3ccccc3)C(c3ccccc3)(N(c3ccccc3)C1=O)C(C#N)(C#N)C2(C#N)C#N. The molecule has 3 aliphatic rings. The number of piperidine rings is 2. The van der Waals surface area contributed by atoms with E-state index in [9.17, 15) is 30.6 Å². The second kappa shape index (κ2) is 8.31. The molecule has 3 fully saturated rings. The van der Waals surface area contributed by atoms with Gasteiger partial charge in [0.05, 0.1) is 24.3 Å². The number of carbonyl (C=O) groups is 2. The number of carbonyl (C=O) groups excluding carboxylic acids is 2. The van der Waals surface area contributed by atoms with Crippen molar-refractivity contribution in [1.29, 1.82) is 21.0 Å². The van der Waals surface area contributed by atoms with Crippen LogP contribution in [-0.4, -0.2) is 11.8 Å². The molecule has 3 aliphatic heterocycles. The maximum atomic E-state index is 14.7. The van der Waals surface area contributed by atoms with Gasteiger partial charge in [-0.05, 0) is 30.7 Å². The van der Waals surface area contributed by atoms with Crippen LogP contribution >= 0.6 is 0 Å². The van der Waals surface area contributed by atoms with Gasteiger partial charge in [-0.3, -0.25) is 19.4 Å². The molecule has 0 unspecified atom stereocenters. The van der Waals surface area contributed by atoms with Crippen molar-refractivity contribution in [2.75, 3.05) is 9.80 Å². The molecule has 8 nitrogen and oxygen atoms in total. The van der Waals surface area contributed by atoms with Crippen molar-refractivity contribution >= 4 is 23.2 Å². The second-order valence-corrected chi connectivity index (χ2v) is 9.20. The normalized spacial score (nSPS) is 24.6. The number of para-hydroxylation sites is 2. The molecular formula is C30H20N6O2. The van der Waals surface area contributed by atoms with E-state index in [1.54, 1.807) is 91.0 Å². The minimum absolute atomic E-state index is 0.233. The number of benzene rings is 3. The number of hydrogen-bond acceptors (Lipinski definition) is 6. The van der Waals surface area contributed by atoms with Crippen molar-refractivity contribution in [2.24, 2.45) is 16.2 Å². The first-order valence-corrected chi connectivity index (χ1v) is 11.9. The van der Waals surface area contributed by atoms with Crippen LogP contribution in [0.15, 0.2) is 91.0 Å². The first kappa shape index (κ1) is 24.3. The van der Waals surface area contributed by atoms with Crippen molar-refractivity contribution in [3.8, 4) is 24.3 Å². The van der Waals surface area contributed by atoms with E-state index >= 15 is 0 Å². The molecule has 3 heterocycles. The van der Waals surface area contributed by atoms with Crippen LogP contribution < -0.4 is 9.80 Å². The van der Waals surface area contributed by atoms with Gasteiger partial charge in [0, 0.05) is 16.9 Å². The van der Waals surface area contributed by atoms with Gasteiger partial charge in [-0.2, -0.15) is 21.0 Å². The van der Waals surface area contributed by atoms with Crippen LogP contribution in [0.5, 0.6) is 0 Å². The molecule has 0 saturated carbocycles. The summed E-state index contributed by atoms with van der Waals surface area (Å²) in [6.45, 7) is 1.52. The predicted molar refractivity (Wildman–Crippen MR) is 136 cm³/mol. The van der Waals surface area contributed by atoms with E-state index in [0.29, 0.717) is 11.4 Å².